The summed E-state index contributed by atoms with van der Waals surface area (Å²) in [5.41, 5.74) is 0. The first-order chi connectivity index (χ1) is 5.94. The molecule has 1 unspecified atom stereocenters. The SMILES string of the molecule is CCCC(C)CN(F)C(F)(F)CC. The number of hydrogen-bond donors (Lipinski definition) is 0. The molecular formula is C9H18F3N. The molecule has 0 radical (unpaired) electrons. The zero-order chi connectivity index (χ0) is 10.5. The highest BCUT2D eigenvalue weighted by Crippen LogP contribution is 2.25. The Hall–Kier alpha value is -0.250. The zero-order valence-electron chi connectivity index (χ0n) is 8.49. The number of hydrogen-bond acceptors (Lipinski definition) is 1. The first-order valence-electron chi connectivity index (χ1n) is 4.75. The molecule has 0 fully saturated rings. The maximum Gasteiger partial charge on any atom is 0.329 e. The van der Waals surface area contributed by atoms with Crippen LogP contribution in [-0.2, 0) is 0 Å². The summed E-state index contributed by atoms with van der Waals surface area (Å²) in [5.74, 6) is -0.0209. The molecule has 0 aliphatic rings. The lowest BCUT2D eigenvalue weighted by Crippen LogP contribution is -2.37. The van der Waals surface area contributed by atoms with Crippen molar-refractivity contribution in [3.05, 3.63) is 0 Å². The van der Waals surface area contributed by atoms with Gasteiger partial charge in [0.25, 0.3) is 0 Å². The lowest BCUT2D eigenvalue weighted by atomic mass is 10.1. The minimum Gasteiger partial charge on any atom is -0.186 e. The van der Waals surface area contributed by atoms with Crippen molar-refractivity contribution < 1.29 is 13.3 Å². The van der Waals surface area contributed by atoms with Crippen molar-refractivity contribution in [1.29, 1.82) is 0 Å². The van der Waals surface area contributed by atoms with E-state index in [9.17, 15) is 13.3 Å². The van der Waals surface area contributed by atoms with Gasteiger partial charge in [-0.15, -0.1) is 4.48 Å². The monoisotopic (exact) mass is 197 g/mol. The molecular weight excluding hydrogens is 179 g/mol. The predicted molar refractivity (Wildman–Crippen MR) is 47.1 cm³/mol. The predicted octanol–water partition coefficient (Wildman–Crippen LogP) is 3.61. The summed E-state index contributed by atoms with van der Waals surface area (Å²) < 4.78 is 38.2. The van der Waals surface area contributed by atoms with Crippen molar-refractivity contribution in [3.8, 4) is 0 Å². The Labute approximate surface area is 77.9 Å². The lowest BCUT2D eigenvalue weighted by Gasteiger charge is -2.24. The van der Waals surface area contributed by atoms with Crippen LogP contribution in [0, 0.1) is 5.92 Å². The molecule has 1 nitrogen and oxygen atoms in total. The molecule has 0 aromatic carbocycles. The van der Waals surface area contributed by atoms with Crippen LogP contribution < -0.4 is 0 Å². The molecule has 4 heteroatoms. The van der Waals surface area contributed by atoms with E-state index >= 15 is 0 Å². The molecule has 0 aliphatic heterocycles. The van der Waals surface area contributed by atoms with Gasteiger partial charge in [-0.05, 0) is 12.3 Å². The second-order valence-electron chi connectivity index (χ2n) is 3.46. The third kappa shape index (κ3) is 4.50. The number of halogens is 3. The maximum atomic E-state index is 12.8. The van der Waals surface area contributed by atoms with E-state index in [4.69, 9.17) is 0 Å². The lowest BCUT2D eigenvalue weighted by molar-refractivity contribution is -0.241. The molecule has 0 aromatic heterocycles. The molecule has 1 atom stereocenters. The van der Waals surface area contributed by atoms with Crippen LogP contribution in [0.4, 0.5) is 13.3 Å². The van der Waals surface area contributed by atoms with Crippen LogP contribution in [0.5, 0.6) is 0 Å². The van der Waals surface area contributed by atoms with Crippen LogP contribution in [0.25, 0.3) is 0 Å². The van der Waals surface area contributed by atoms with Crippen LogP contribution in [-0.4, -0.2) is 17.7 Å². The van der Waals surface area contributed by atoms with E-state index < -0.39 is 12.5 Å². The summed E-state index contributed by atoms with van der Waals surface area (Å²) >= 11 is 0. The second kappa shape index (κ2) is 5.47. The van der Waals surface area contributed by atoms with Gasteiger partial charge in [0, 0.05) is 13.0 Å². The summed E-state index contributed by atoms with van der Waals surface area (Å²) in [4.78, 5) is 0. The Morgan fingerprint density at radius 3 is 2.23 bits per heavy atom. The molecule has 0 saturated carbocycles. The molecule has 80 valence electrons. The van der Waals surface area contributed by atoms with Crippen LogP contribution >= 0.6 is 0 Å². The Kier molecular flexibility index (Phi) is 5.37. The van der Waals surface area contributed by atoms with Crippen molar-refractivity contribution in [3.63, 3.8) is 0 Å². The van der Waals surface area contributed by atoms with E-state index in [2.05, 4.69) is 0 Å². The molecule has 0 heterocycles. The van der Waals surface area contributed by atoms with Crippen molar-refractivity contribution in [2.75, 3.05) is 6.54 Å². The van der Waals surface area contributed by atoms with Gasteiger partial charge in [0.05, 0.1) is 0 Å². The van der Waals surface area contributed by atoms with Crippen molar-refractivity contribution in [2.45, 2.75) is 46.1 Å². The van der Waals surface area contributed by atoms with Gasteiger partial charge in [0.15, 0.2) is 0 Å². The van der Waals surface area contributed by atoms with Gasteiger partial charge in [-0.25, -0.2) is 0 Å². The highest BCUT2D eigenvalue weighted by molar-refractivity contribution is 4.63. The molecule has 0 N–H and O–H groups in total. The third-order valence-corrected chi connectivity index (χ3v) is 2.03. The molecule has 0 bridgehead atoms. The van der Waals surface area contributed by atoms with Crippen LogP contribution in [0.2, 0.25) is 0 Å². The molecule has 0 aliphatic carbocycles. The van der Waals surface area contributed by atoms with Gasteiger partial charge < -0.3 is 0 Å². The highest BCUT2D eigenvalue weighted by atomic mass is 19.3. The fourth-order valence-corrected chi connectivity index (χ4v) is 1.16. The number of alkyl halides is 2. The zero-order valence-corrected chi connectivity index (χ0v) is 8.49. The van der Waals surface area contributed by atoms with Gasteiger partial charge in [0.1, 0.15) is 0 Å². The van der Waals surface area contributed by atoms with E-state index in [0.717, 1.165) is 12.8 Å². The van der Waals surface area contributed by atoms with Crippen LogP contribution in [0.3, 0.4) is 0 Å². The molecule has 0 spiro atoms. The first kappa shape index (κ1) is 12.8. The maximum absolute atomic E-state index is 12.8. The van der Waals surface area contributed by atoms with Crippen LogP contribution in [0.1, 0.15) is 40.0 Å². The van der Waals surface area contributed by atoms with Gasteiger partial charge in [-0.3, -0.25) is 0 Å². The largest absolute Gasteiger partial charge is 0.329 e. The second-order valence-corrected chi connectivity index (χ2v) is 3.46. The Balaban J connectivity index is 3.91. The van der Waals surface area contributed by atoms with Crippen molar-refractivity contribution in [2.24, 2.45) is 5.92 Å². The smallest absolute Gasteiger partial charge is 0.186 e. The summed E-state index contributed by atoms with van der Waals surface area (Å²) in [7, 11) is 0. The molecule has 13 heavy (non-hydrogen) atoms. The number of nitrogens with zero attached hydrogens (tertiary/aromatic N) is 1. The van der Waals surface area contributed by atoms with Crippen LogP contribution in [0.15, 0.2) is 0 Å². The molecule has 0 aromatic rings. The van der Waals surface area contributed by atoms with Gasteiger partial charge in [-0.2, -0.15) is 8.78 Å². The van der Waals surface area contributed by atoms with Gasteiger partial charge in [-0.1, -0.05) is 32.3 Å². The quantitative estimate of drug-likeness (QED) is 0.464. The van der Waals surface area contributed by atoms with E-state index in [-0.39, 0.29) is 17.6 Å². The summed E-state index contributed by atoms with van der Waals surface area (Å²) in [6.07, 6.45) is 1.19. The van der Waals surface area contributed by atoms with E-state index in [1.807, 2.05) is 6.92 Å². The molecule has 0 rings (SSSR count). The first-order valence-corrected chi connectivity index (χ1v) is 4.75. The highest BCUT2D eigenvalue weighted by Gasteiger charge is 2.36. The summed E-state index contributed by atoms with van der Waals surface area (Å²) in [6, 6.07) is -3.30. The van der Waals surface area contributed by atoms with Crippen molar-refractivity contribution in [1.82, 2.24) is 5.12 Å². The minimum absolute atomic E-state index is 0.0209. The Morgan fingerprint density at radius 2 is 1.85 bits per heavy atom. The van der Waals surface area contributed by atoms with E-state index in [1.54, 1.807) is 6.92 Å². The van der Waals surface area contributed by atoms with Gasteiger partial charge >= 0.3 is 6.05 Å². The number of rotatable bonds is 6. The summed E-state index contributed by atoms with van der Waals surface area (Å²) in [6.45, 7) is 4.82. The van der Waals surface area contributed by atoms with E-state index in [1.165, 1.54) is 6.92 Å². The Bertz CT molecular complexity index is 139. The third-order valence-electron chi connectivity index (χ3n) is 2.03. The molecule has 0 amide bonds. The fraction of sp³-hybridized carbons (Fsp3) is 1.00. The van der Waals surface area contributed by atoms with E-state index in [0.29, 0.717) is 0 Å². The normalized spacial score (nSPS) is 15.0. The van der Waals surface area contributed by atoms with Crippen molar-refractivity contribution >= 4 is 0 Å². The standard InChI is InChI=1S/C9H18F3N/c1-4-6-8(3)7-13(12)9(10,11)5-2/h8H,4-7H2,1-3H3. The average molecular weight is 197 g/mol. The topological polar surface area (TPSA) is 3.24 Å². The fourth-order valence-electron chi connectivity index (χ4n) is 1.16. The summed E-state index contributed by atoms with van der Waals surface area (Å²) in [5, 5.41) is -0.340. The molecule has 0 saturated heterocycles. The Morgan fingerprint density at radius 1 is 1.31 bits per heavy atom. The van der Waals surface area contributed by atoms with Gasteiger partial charge in [0.2, 0.25) is 0 Å². The average Bonchev–Trinajstić information content (AvgIpc) is 2.04. The minimum atomic E-state index is -3.30.